The molecule has 1 unspecified atom stereocenters. The van der Waals surface area contributed by atoms with Crippen molar-refractivity contribution in [1.29, 1.82) is 0 Å². The molecule has 0 saturated carbocycles. The first-order chi connectivity index (χ1) is 12.3. The molecule has 0 heterocycles. The Labute approximate surface area is 161 Å². The molecule has 1 aromatic rings. The van der Waals surface area contributed by atoms with Crippen LogP contribution in [0.25, 0.3) is 6.08 Å². The van der Waals surface area contributed by atoms with Gasteiger partial charge >= 0.3 is 0 Å². The molecule has 138 valence electrons. The van der Waals surface area contributed by atoms with E-state index >= 15 is 0 Å². The molecular weight excluding hydrogens is 315 g/mol. The summed E-state index contributed by atoms with van der Waals surface area (Å²) in [7, 11) is 0. The molecule has 1 aromatic carbocycles. The van der Waals surface area contributed by atoms with Gasteiger partial charge in [-0.05, 0) is 22.8 Å². The van der Waals surface area contributed by atoms with E-state index in [0.717, 1.165) is 4.78 Å². The second-order valence-corrected chi connectivity index (χ2v) is 11.5. The van der Waals surface area contributed by atoms with Crippen LogP contribution in [0.5, 0.6) is 0 Å². The van der Waals surface area contributed by atoms with Crippen LogP contribution < -0.4 is 0 Å². The monoisotopic (exact) mass is 354 g/mol. The first kappa shape index (κ1) is 20.8. The van der Waals surface area contributed by atoms with E-state index in [-0.39, 0.29) is 0 Å². The van der Waals surface area contributed by atoms with Gasteiger partial charge in [0.2, 0.25) is 0 Å². The van der Waals surface area contributed by atoms with Crippen LogP contribution in [0.4, 0.5) is 0 Å². The van der Waals surface area contributed by atoms with Gasteiger partial charge in [-0.2, -0.15) is 0 Å². The van der Waals surface area contributed by atoms with Gasteiger partial charge in [-0.3, -0.25) is 0 Å². The topological polar surface area (TPSA) is 0 Å². The summed E-state index contributed by atoms with van der Waals surface area (Å²) in [6, 6.07) is 9.21. The molecule has 1 aliphatic carbocycles. The number of rotatable bonds is 13. The first-order valence-electron chi connectivity index (χ1n) is 11.0. The van der Waals surface area contributed by atoms with Crippen LogP contribution in [0.15, 0.2) is 29.8 Å². The third-order valence-electron chi connectivity index (χ3n) is 6.03. The zero-order valence-corrected chi connectivity index (χ0v) is 18.2. The second-order valence-electron chi connectivity index (χ2n) is 8.16. The maximum Gasteiger partial charge on any atom is 0.277 e. The van der Waals surface area contributed by atoms with E-state index in [9.17, 15) is 0 Å². The van der Waals surface area contributed by atoms with Gasteiger partial charge in [0.1, 0.15) is 0 Å². The molecule has 0 fully saturated rings. The Hall–Kier alpha value is -0.508. The molecule has 0 N–H and O–H groups in total. The molecule has 0 aliphatic heterocycles. The van der Waals surface area contributed by atoms with Crippen molar-refractivity contribution in [2.45, 2.75) is 100 Å². The van der Waals surface area contributed by atoms with Gasteiger partial charge in [0.25, 0.3) is 14.1 Å². The smallest absolute Gasteiger partial charge is 0.0932 e. The zero-order valence-electron chi connectivity index (χ0n) is 17.0. The van der Waals surface area contributed by atoms with E-state index in [1.54, 1.807) is 21.7 Å². The normalized spacial score (nSPS) is 16.0. The molecule has 0 radical (unpaired) electrons. The highest BCUT2D eigenvalue weighted by atomic mass is 27.2. The summed E-state index contributed by atoms with van der Waals surface area (Å²) in [6.45, 7) is 7.04. The fraction of sp³-hybridized carbons (Fsp3) is 0.667. The third-order valence-corrected chi connectivity index (χ3v) is 10.2. The van der Waals surface area contributed by atoms with E-state index < -0.39 is 14.1 Å². The number of hydrogen-bond donors (Lipinski definition) is 0. The summed E-state index contributed by atoms with van der Waals surface area (Å²) in [4.78, 5) is 0. The zero-order chi connectivity index (χ0) is 17.9. The van der Waals surface area contributed by atoms with E-state index in [1.165, 1.54) is 69.8 Å². The van der Waals surface area contributed by atoms with Gasteiger partial charge in [0, 0.05) is 0 Å². The van der Waals surface area contributed by atoms with E-state index in [1.807, 2.05) is 0 Å². The molecule has 0 amide bonds. The van der Waals surface area contributed by atoms with Gasteiger partial charge in [-0.1, -0.05) is 125 Å². The van der Waals surface area contributed by atoms with Crippen LogP contribution in [-0.2, 0) is 0 Å². The lowest BCUT2D eigenvalue weighted by Crippen LogP contribution is -2.23. The summed E-state index contributed by atoms with van der Waals surface area (Å²) >= 11 is -0.753. The van der Waals surface area contributed by atoms with Crippen LogP contribution in [-0.4, -0.2) is 14.1 Å². The fourth-order valence-electron chi connectivity index (χ4n) is 4.63. The lowest BCUT2D eigenvalue weighted by molar-refractivity contribution is 0.643. The van der Waals surface area contributed by atoms with Crippen LogP contribution in [0.2, 0.25) is 10.6 Å². The van der Waals surface area contributed by atoms with E-state index in [4.69, 9.17) is 0 Å². The number of hydrogen-bond acceptors (Lipinski definition) is 0. The Bertz CT molecular complexity index is 503. The summed E-state index contributed by atoms with van der Waals surface area (Å²) in [6.07, 6.45) is 16.8. The van der Waals surface area contributed by atoms with E-state index in [0.29, 0.717) is 0 Å². The second kappa shape index (κ2) is 12.0. The van der Waals surface area contributed by atoms with Crippen molar-refractivity contribution in [1.82, 2.24) is 0 Å². The molecule has 0 saturated heterocycles. The quantitative estimate of drug-likeness (QED) is 0.247. The standard InChI is InChI=1S/C10H9.2C7H15.Al/c1-8-6-9-4-2-3-5-10(9)7-8;2*1-3-5-7-6-4-2;/h2-7H,1H3;2*1,3-7H2,2H3;. The summed E-state index contributed by atoms with van der Waals surface area (Å²) < 4.78 is 0.827. The van der Waals surface area contributed by atoms with Gasteiger partial charge in [-0.15, -0.1) is 0 Å². The Kier molecular flexibility index (Phi) is 9.97. The van der Waals surface area contributed by atoms with Crippen molar-refractivity contribution in [2.24, 2.45) is 0 Å². The van der Waals surface area contributed by atoms with Crippen molar-refractivity contribution < 1.29 is 0 Å². The molecule has 25 heavy (non-hydrogen) atoms. The number of unbranched alkanes of at least 4 members (excludes halogenated alkanes) is 8. The number of fused-ring (bicyclic) bond motifs is 1. The van der Waals surface area contributed by atoms with Crippen molar-refractivity contribution in [3.05, 3.63) is 41.0 Å². The Morgan fingerprint density at radius 3 is 1.92 bits per heavy atom. The molecule has 1 aliphatic rings. The number of allylic oxidation sites excluding steroid dienone is 1. The predicted octanol–water partition coefficient (Wildman–Crippen LogP) is 8.16. The molecule has 0 nitrogen and oxygen atoms in total. The minimum atomic E-state index is -0.753. The van der Waals surface area contributed by atoms with Crippen molar-refractivity contribution >= 4 is 20.2 Å². The molecule has 1 heteroatoms. The van der Waals surface area contributed by atoms with Crippen LogP contribution >= 0.6 is 0 Å². The van der Waals surface area contributed by atoms with Crippen molar-refractivity contribution in [3.63, 3.8) is 0 Å². The SMILES string of the molecule is CCCCCC[CH2][Al]([CH2]CCCCCC)[CH]1C(C)=Cc2ccccc21. The van der Waals surface area contributed by atoms with Crippen molar-refractivity contribution in [3.8, 4) is 0 Å². The highest BCUT2D eigenvalue weighted by molar-refractivity contribution is 6.61. The largest absolute Gasteiger partial charge is 0.277 e. The van der Waals surface area contributed by atoms with Gasteiger partial charge in [0.15, 0.2) is 0 Å². The van der Waals surface area contributed by atoms with Crippen LogP contribution in [0, 0.1) is 0 Å². The number of benzene rings is 1. The molecule has 1 atom stereocenters. The summed E-state index contributed by atoms with van der Waals surface area (Å²) in [5.41, 5.74) is 4.85. The average molecular weight is 355 g/mol. The van der Waals surface area contributed by atoms with E-state index in [2.05, 4.69) is 51.1 Å². The molecular formula is C24H39Al. The Morgan fingerprint density at radius 1 is 0.760 bits per heavy atom. The molecule has 0 bridgehead atoms. The van der Waals surface area contributed by atoms with Gasteiger partial charge < -0.3 is 0 Å². The maximum atomic E-state index is 2.48. The highest BCUT2D eigenvalue weighted by Gasteiger charge is 2.33. The summed E-state index contributed by atoms with van der Waals surface area (Å²) in [5, 5.41) is 3.11. The first-order valence-corrected chi connectivity index (χ1v) is 13.3. The molecule has 2 rings (SSSR count). The van der Waals surface area contributed by atoms with Gasteiger partial charge in [0.05, 0.1) is 0 Å². The average Bonchev–Trinajstić information content (AvgIpc) is 2.95. The maximum absolute atomic E-state index is 2.48. The lowest BCUT2D eigenvalue weighted by atomic mass is 10.1. The lowest BCUT2D eigenvalue weighted by Gasteiger charge is -2.22. The minimum absolute atomic E-state index is 0.753. The minimum Gasteiger partial charge on any atom is -0.0932 e. The highest BCUT2D eigenvalue weighted by Crippen LogP contribution is 2.40. The van der Waals surface area contributed by atoms with Crippen molar-refractivity contribution in [2.75, 3.05) is 0 Å². The van der Waals surface area contributed by atoms with Gasteiger partial charge in [-0.25, -0.2) is 0 Å². The Balaban J connectivity index is 1.94. The van der Waals surface area contributed by atoms with Crippen LogP contribution in [0.1, 0.15) is 101 Å². The predicted molar refractivity (Wildman–Crippen MR) is 116 cm³/mol. The third kappa shape index (κ3) is 6.62. The Morgan fingerprint density at radius 2 is 1.32 bits per heavy atom. The summed E-state index contributed by atoms with van der Waals surface area (Å²) in [5.74, 6) is 0. The fourth-order valence-corrected chi connectivity index (χ4v) is 8.86. The van der Waals surface area contributed by atoms with Crippen LogP contribution in [0.3, 0.4) is 0 Å². The molecule has 0 aromatic heterocycles. The molecule has 0 spiro atoms.